The Labute approximate surface area is 191 Å². The van der Waals surface area contributed by atoms with E-state index in [4.69, 9.17) is 9.72 Å². The first-order valence-electron chi connectivity index (χ1n) is 11.7. The molecule has 0 aliphatic heterocycles. The third-order valence-corrected chi connectivity index (χ3v) is 6.79. The van der Waals surface area contributed by atoms with Crippen LogP contribution in [-0.2, 0) is 0 Å². The number of hydrogen-bond donors (Lipinski definition) is 1. The Bertz CT molecular complexity index is 1240. The van der Waals surface area contributed by atoms with Crippen molar-refractivity contribution in [2.24, 2.45) is 0 Å². The van der Waals surface area contributed by atoms with Gasteiger partial charge in [-0.05, 0) is 74.6 Å². The molecule has 4 aromatic rings. The van der Waals surface area contributed by atoms with E-state index < -0.39 is 0 Å². The lowest BCUT2D eigenvalue weighted by Crippen LogP contribution is -2.32. The van der Waals surface area contributed by atoms with Gasteiger partial charge in [-0.1, -0.05) is 19.8 Å². The van der Waals surface area contributed by atoms with Crippen molar-refractivity contribution < 1.29 is 4.74 Å². The monoisotopic (exact) mass is 432 g/mol. The summed E-state index contributed by atoms with van der Waals surface area (Å²) in [5, 5.41) is 4.98. The summed E-state index contributed by atoms with van der Waals surface area (Å²) in [6.45, 7) is 9.83. The zero-order valence-corrected chi connectivity index (χ0v) is 20.4. The van der Waals surface area contributed by atoms with Crippen molar-refractivity contribution in [3.63, 3.8) is 0 Å². The summed E-state index contributed by atoms with van der Waals surface area (Å²) >= 11 is 0. The van der Waals surface area contributed by atoms with Gasteiger partial charge in [0, 0.05) is 48.0 Å². The van der Waals surface area contributed by atoms with Crippen LogP contribution >= 0.6 is 0 Å². The number of methoxy groups -OCH3 is 1. The number of ether oxygens (including phenoxy) is 1. The van der Waals surface area contributed by atoms with Crippen LogP contribution in [0.1, 0.15) is 37.3 Å². The highest BCUT2D eigenvalue weighted by Crippen LogP contribution is 2.40. The van der Waals surface area contributed by atoms with E-state index in [1.165, 1.54) is 57.5 Å². The lowest BCUT2D eigenvalue weighted by molar-refractivity contribution is 0.332. The summed E-state index contributed by atoms with van der Waals surface area (Å²) in [6.07, 6.45) is 5.78. The molecule has 0 spiro atoms. The predicted octanol–water partition coefficient (Wildman–Crippen LogP) is 6.05. The van der Waals surface area contributed by atoms with Gasteiger partial charge in [-0.2, -0.15) is 0 Å². The summed E-state index contributed by atoms with van der Waals surface area (Å²) in [4.78, 5) is 13.2. The molecule has 0 fully saturated rings. The highest BCUT2D eigenvalue weighted by molar-refractivity contribution is 6.18. The molecule has 1 N–H and O–H groups in total. The molecule has 0 aliphatic carbocycles. The number of pyridine rings is 1. The molecular formula is C27H36N4O. The maximum Gasteiger partial charge on any atom is 0.136 e. The van der Waals surface area contributed by atoms with Gasteiger partial charge < -0.3 is 19.5 Å². The zero-order valence-electron chi connectivity index (χ0n) is 20.4. The molecule has 0 unspecified atom stereocenters. The zero-order chi connectivity index (χ0) is 22.8. The fourth-order valence-electron chi connectivity index (χ4n) is 4.82. The molecule has 5 nitrogen and oxygen atoms in total. The van der Waals surface area contributed by atoms with Gasteiger partial charge in [-0.15, -0.1) is 0 Å². The fourth-order valence-corrected chi connectivity index (χ4v) is 4.82. The van der Waals surface area contributed by atoms with Crippen molar-refractivity contribution in [2.75, 3.05) is 45.7 Å². The second kappa shape index (κ2) is 9.37. The Hall–Kier alpha value is -2.79. The maximum absolute atomic E-state index is 5.51. The molecule has 0 amide bonds. The molecule has 2 aromatic carbocycles. The number of aromatic nitrogens is 2. The van der Waals surface area contributed by atoms with Crippen LogP contribution in [0.2, 0.25) is 0 Å². The van der Waals surface area contributed by atoms with Crippen LogP contribution in [0, 0.1) is 13.8 Å². The topological polar surface area (TPSA) is 44.4 Å². The van der Waals surface area contributed by atoms with E-state index in [1.54, 1.807) is 7.11 Å². The van der Waals surface area contributed by atoms with Gasteiger partial charge in [0.15, 0.2) is 0 Å². The first kappa shape index (κ1) is 22.4. The number of nitrogens with zero attached hydrogens (tertiary/aromatic N) is 3. The van der Waals surface area contributed by atoms with E-state index in [0.717, 1.165) is 36.7 Å². The van der Waals surface area contributed by atoms with Gasteiger partial charge in [0.05, 0.1) is 12.6 Å². The minimum atomic E-state index is 0.880. The lowest BCUT2D eigenvalue weighted by Gasteiger charge is -2.25. The molecule has 170 valence electrons. The quantitative estimate of drug-likeness (QED) is 0.327. The van der Waals surface area contributed by atoms with Crippen LogP contribution < -0.4 is 9.64 Å². The minimum Gasteiger partial charge on any atom is -0.497 e. The third kappa shape index (κ3) is 4.02. The van der Waals surface area contributed by atoms with Crippen molar-refractivity contribution in [2.45, 2.75) is 40.0 Å². The third-order valence-electron chi connectivity index (χ3n) is 6.79. The number of H-pyrrole nitrogens is 1. The van der Waals surface area contributed by atoms with Crippen LogP contribution in [0.15, 0.2) is 30.5 Å². The molecule has 5 heteroatoms. The van der Waals surface area contributed by atoms with Crippen molar-refractivity contribution >= 4 is 38.4 Å². The summed E-state index contributed by atoms with van der Waals surface area (Å²) in [5.41, 5.74) is 4.88. The number of fused-ring (bicyclic) bond motifs is 4. The highest BCUT2D eigenvalue weighted by atomic mass is 16.5. The number of unbranched alkanes of at least 4 members (excludes halogenated alkanes) is 2. The molecule has 32 heavy (non-hydrogen) atoms. The number of anilines is 1. The SMILES string of the molecule is CCCCCN(C)CCN(C)c1nccc2c(C)c3[nH]c4ccc(OC)cc4c3c(C)c12. The van der Waals surface area contributed by atoms with Crippen LogP contribution in [0.5, 0.6) is 5.75 Å². The molecule has 0 atom stereocenters. The largest absolute Gasteiger partial charge is 0.497 e. The van der Waals surface area contributed by atoms with Crippen molar-refractivity contribution in [1.29, 1.82) is 0 Å². The molecule has 0 bridgehead atoms. The number of aromatic amines is 1. The first-order valence-corrected chi connectivity index (χ1v) is 11.7. The fraction of sp³-hybridized carbons (Fsp3) is 0.444. The number of nitrogens with one attached hydrogen (secondary N) is 1. The summed E-state index contributed by atoms with van der Waals surface area (Å²) < 4.78 is 5.51. The van der Waals surface area contributed by atoms with Gasteiger partial charge in [0.1, 0.15) is 11.6 Å². The molecule has 0 saturated heterocycles. The average Bonchev–Trinajstić information content (AvgIpc) is 3.19. The van der Waals surface area contributed by atoms with E-state index in [0.29, 0.717) is 0 Å². The Morgan fingerprint density at radius 1 is 0.938 bits per heavy atom. The molecule has 4 rings (SSSR count). The molecule has 0 saturated carbocycles. The van der Waals surface area contributed by atoms with E-state index in [2.05, 4.69) is 67.8 Å². The standard InChI is InChI=1S/C27H36N4O/c1-7-8-9-14-30(4)15-16-31(5)27-25-19(3)24-22-17-20(32-6)10-11-23(22)29-26(24)18(2)21(25)12-13-28-27/h10-13,17,29H,7-9,14-16H2,1-6H3. The second-order valence-corrected chi connectivity index (χ2v) is 9.03. The van der Waals surface area contributed by atoms with Crippen LogP contribution in [0.4, 0.5) is 5.82 Å². The Balaban J connectivity index is 1.77. The number of aryl methyl sites for hydroxylation is 2. The van der Waals surface area contributed by atoms with E-state index in [1.807, 2.05) is 12.3 Å². The number of hydrogen-bond acceptors (Lipinski definition) is 4. The normalized spacial score (nSPS) is 11.8. The van der Waals surface area contributed by atoms with Crippen molar-refractivity contribution in [1.82, 2.24) is 14.9 Å². The Morgan fingerprint density at radius 3 is 2.50 bits per heavy atom. The average molecular weight is 433 g/mol. The van der Waals surface area contributed by atoms with Gasteiger partial charge in [-0.3, -0.25) is 0 Å². The first-order chi connectivity index (χ1) is 15.5. The molecule has 2 aromatic heterocycles. The lowest BCUT2D eigenvalue weighted by atomic mass is 9.96. The van der Waals surface area contributed by atoms with Gasteiger partial charge in [-0.25, -0.2) is 4.98 Å². The minimum absolute atomic E-state index is 0.880. The van der Waals surface area contributed by atoms with Gasteiger partial charge >= 0.3 is 0 Å². The van der Waals surface area contributed by atoms with Crippen molar-refractivity contribution in [3.8, 4) is 5.75 Å². The van der Waals surface area contributed by atoms with Gasteiger partial charge in [0.2, 0.25) is 0 Å². The predicted molar refractivity (Wildman–Crippen MR) is 137 cm³/mol. The maximum atomic E-state index is 5.51. The second-order valence-electron chi connectivity index (χ2n) is 9.03. The molecule has 0 radical (unpaired) electrons. The molecular weight excluding hydrogens is 396 g/mol. The van der Waals surface area contributed by atoms with E-state index in [9.17, 15) is 0 Å². The summed E-state index contributed by atoms with van der Waals surface area (Å²) in [7, 11) is 6.11. The smallest absolute Gasteiger partial charge is 0.136 e. The van der Waals surface area contributed by atoms with Crippen LogP contribution in [0.3, 0.4) is 0 Å². The number of rotatable bonds is 9. The van der Waals surface area contributed by atoms with Crippen molar-refractivity contribution in [3.05, 3.63) is 41.6 Å². The number of benzene rings is 2. The van der Waals surface area contributed by atoms with E-state index in [-0.39, 0.29) is 0 Å². The summed E-state index contributed by atoms with van der Waals surface area (Å²) in [5.74, 6) is 1.94. The molecule has 0 aliphatic rings. The van der Waals surface area contributed by atoms with E-state index >= 15 is 0 Å². The number of likely N-dealkylation sites (N-methyl/N-ethyl adjacent to an activating group) is 2. The summed E-state index contributed by atoms with van der Waals surface area (Å²) in [6, 6.07) is 8.41. The Morgan fingerprint density at radius 2 is 1.75 bits per heavy atom. The Kier molecular flexibility index (Phi) is 6.56. The van der Waals surface area contributed by atoms with Crippen LogP contribution in [0.25, 0.3) is 32.6 Å². The highest BCUT2D eigenvalue weighted by Gasteiger charge is 2.19. The van der Waals surface area contributed by atoms with Crippen LogP contribution in [-0.4, -0.2) is 55.7 Å². The molecule has 2 heterocycles. The van der Waals surface area contributed by atoms with Gasteiger partial charge in [0.25, 0.3) is 0 Å².